The normalized spacial score (nSPS) is 12.2. The molecule has 3 aromatic heterocycles. The predicted molar refractivity (Wildman–Crippen MR) is 94.3 cm³/mol. The highest BCUT2D eigenvalue weighted by molar-refractivity contribution is 7.16. The van der Waals surface area contributed by atoms with Crippen molar-refractivity contribution in [1.82, 2.24) is 14.1 Å². The van der Waals surface area contributed by atoms with E-state index in [-0.39, 0.29) is 23.9 Å². The molecule has 24 heavy (non-hydrogen) atoms. The summed E-state index contributed by atoms with van der Waals surface area (Å²) in [5.74, 6) is -0.104. The summed E-state index contributed by atoms with van der Waals surface area (Å²) in [5, 5.41) is 2.44. The quantitative estimate of drug-likeness (QED) is 0.730. The SMILES string of the molecule is CC(C)N=c1ccccn1C(=O)CCn1cnc2sccc2c1=O. The van der Waals surface area contributed by atoms with Gasteiger partial charge in [0, 0.05) is 25.2 Å². The number of carbonyl (C=O) groups excluding carboxylic acids is 1. The molecule has 0 amide bonds. The summed E-state index contributed by atoms with van der Waals surface area (Å²) in [6.07, 6.45) is 3.41. The molecule has 0 fully saturated rings. The van der Waals surface area contributed by atoms with E-state index in [0.717, 1.165) is 4.83 Å². The summed E-state index contributed by atoms with van der Waals surface area (Å²) in [5.41, 5.74) is 0.510. The van der Waals surface area contributed by atoms with Crippen LogP contribution in [0.25, 0.3) is 10.2 Å². The topological polar surface area (TPSA) is 69.2 Å². The van der Waals surface area contributed by atoms with Gasteiger partial charge in [0.1, 0.15) is 10.3 Å². The van der Waals surface area contributed by atoms with Crippen LogP contribution in [0.2, 0.25) is 0 Å². The van der Waals surface area contributed by atoms with Crippen molar-refractivity contribution in [3.63, 3.8) is 0 Å². The van der Waals surface area contributed by atoms with Gasteiger partial charge in [-0.15, -0.1) is 11.3 Å². The Balaban J connectivity index is 1.83. The van der Waals surface area contributed by atoms with Crippen LogP contribution in [-0.4, -0.2) is 26.1 Å². The molecule has 0 aromatic carbocycles. The van der Waals surface area contributed by atoms with Crippen molar-refractivity contribution in [2.45, 2.75) is 32.9 Å². The summed E-state index contributed by atoms with van der Waals surface area (Å²) >= 11 is 1.43. The zero-order valence-electron chi connectivity index (χ0n) is 13.5. The van der Waals surface area contributed by atoms with Crippen LogP contribution < -0.4 is 11.0 Å². The van der Waals surface area contributed by atoms with Gasteiger partial charge in [-0.1, -0.05) is 6.07 Å². The Morgan fingerprint density at radius 1 is 1.33 bits per heavy atom. The fourth-order valence-electron chi connectivity index (χ4n) is 2.40. The van der Waals surface area contributed by atoms with E-state index < -0.39 is 0 Å². The first-order valence-corrected chi connectivity index (χ1v) is 8.61. The molecule has 3 heterocycles. The smallest absolute Gasteiger partial charge is 0.262 e. The van der Waals surface area contributed by atoms with Gasteiger partial charge in [0.25, 0.3) is 5.56 Å². The second-order valence-corrected chi connectivity index (χ2v) is 6.57. The lowest BCUT2D eigenvalue weighted by Crippen LogP contribution is -2.29. The number of thiophene rings is 1. The average Bonchev–Trinajstić information content (AvgIpc) is 3.03. The van der Waals surface area contributed by atoms with Crippen LogP contribution in [0, 0.1) is 0 Å². The average molecular weight is 342 g/mol. The van der Waals surface area contributed by atoms with Crippen LogP contribution in [-0.2, 0) is 6.54 Å². The highest BCUT2D eigenvalue weighted by Crippen LogP contribution is 2.13. The molecule has 0 saturated carbocycles. The summed E-state index contributed by atoms with van der Waals surface area (Å²) in [6.45, 7) is 4.21. The molecule has 0 spiro atoms. The first kappa shape index (κ1) is 16.3. The van der Waals surface area contributed by atoms with Crippen molar-refractivity contribution in [3.8, 4) is 0 Å². The highest BCUT2D eigenvalue weighted by Gasteiger charge is 2.09. The molecule has 0 unspecified atom stereocenters. The molecular weight excluding hydrogens is 324 g/mol. The molecular formula is C17H18N4O2S. The Labute approximate surface area is 142 Å². The van der Waals surface area contributed by atoms with Gasteiger partial charge in [-0.25, -0.2) is 4.98 Å². The summed E-state index contributed by atoms with van der Waals surface area (Å²) in [6, 6.07) is 7.31. The Kier molecular flexibility index (Phi) is 4.71. The lowest BCUT2D eigenvalue weighted by molar-refractivity contribution is 0.0890. The fraction of sp³-hybridized carbons (Fsp3) is 0.294. The van der Waals surface area contributed by atoms with Crippen LogP contribution >= 0.6 is 11.3 Å². The van der Waals surface area contributed by atoms with Crippen molar-refractivity contribution < 1.29 is 4.79 Å². The summed E-state index contributed by atoms with van der Waals surface area (Å²) in [4.78, 5) is 34.3. The molecule has 0 bridgehead atoms. The van der Waals surface area contributed by atoms with Crippen molar-refractivity contribution in [1.29, 1.82) is 0 Å². The molecule has 0 N–H and O–H groups in total. The van der Waals surface area contributed by atoms with E-state index in [4.69, 9.17) is 0 Å². The second-order valence-electron chi connectivity index (χ2n) is 5.68. The Bertz CT molecular complexity index is 997. The highest BCUT2D eigenvalue weighted by atomic mass is 32.1. The minimum absolute atomic E-state index is 0.0965. The Morgan fingerprint density at radius 2 is 2.17 bits per heavy atom. The van der Waals surface area contributed by atoms with Gasteiger partial charge < -0.3 is 0 Å². The third-order valence-corrected chi connectivity index (χ3v) is 4.34. The molecule has 6 nitrogen and oxygen atoms in total. The van der Waals surface area contributed by atoms with Crippen LogP contribution in [0.15, 0.2) is 52.0 Å². The van der Waals surface area contributed by atoms with Crippen molar-refractivity contribution in [2.75, 3.05) is 0 Å². The third-order valence-electron chi connectivity index (χ3n) is 3.51. The maximum Gasteiger partial charge on any atom is 0.262 e. The van der Waals surface area contributed by atoms with Crippen molar-refractivity contribution in [3.05, 3.63) is 58.0 Å². The summed E-state index contributed by atoms with van der Waals surface area (Å²) < 4.78 is 3.01. The first-order valence-electron chi connectivity index (χ1n) is 7.73. The lowest BCUT2D eigenvalue weighted by Gasteiger charge is -2.08. The van der Waals surface area contributed by atoms with Gasteiger partial charge in [-0.3, -0.25) is 23.7 Å². The van der Waals surface area contributed by atoms with Gasteiger partial charge in [0.15, 0.2) is 0 Å². The van der Waals surface area contributed by atoms with Crippen LogP contribution in [0.4, 0.5) is 0 Å². The monoisotopic (exact) mass is 342 g/mol. The minimum atomic E-state index is -0.112. The number of pyridine rings is 1. The van der Waals surface area contributed by atoms with E-state index >= 15 is 0 Å². The van der Waals surface area contributed by atoms with E-state index in [1.807, 2.05) is 31.4 Å². The van der Waals surface area contributed by atoms with Gasteiger partial charge in [-0.2, -0.15) is 0 Å². The molecule has 0 aliphatic heterocycles. The number of carbonyl (C=O) groups is 1. The molecule has 0 aliphatic rings. The molecule has 7 heteroatoms. The maximum absolute atomic E-state index is 12.5. The predicted octanol–water partition coefficient (Wildman–Crippen LogP) is 2.30. The molecule has 3 rings (SSSR count). The van der Waals surface area contributed by atoms with E-state index in [0.29, 0.717) is 17.4 Å². The van der Waals surface area contributed by atoms with Crippen molar-refractivity contribution >= 4 is 27.5 Å². The van der Waals surface area contributed by atoms with Gasteiger partial charge in [0.2, 0.25) is 5.91 Å². The molecule has 0 saturated heterocycles. The third kappa shape index (κ3) is 3.35. The number of hydrogen-bond acceptors (Lipinski definition) is 5. The zero-order valence-corrected chi connectivity index (χ0v) is 14.4. The lowest BCUT2D eigenvalue weighted by atomic mass is 10.3. The number of nitrogens with zero attached hydrogens (tertiary/aromatic N) is 4. The van der Waals surface area contributed by atoms with E-state index in [1.165, 1.54) is 26.8 Å². The second kappa shape index (κ2) is 6.92. The van der Waals surface area contributed by atoms with Gasteiger partial charge in [-0.05, 0) is 37.4 Å². The summed E-state index contributed by atoms with van der Waals surface area (Å²) in [7, 11) is 0. The molecule has 0 aliphatic carbocycles. The zero-order chi connectivity index (χ0) is 17.1. The largest absolute Gasteiger partial charge is 0.298 e. The molecule has 3 aromatic rings. The number of aromatic nitrogens is 3. The van der Waals surface area contributed by atoms with E-state index in [9.17, 15) is 9.59 Å². The molecule has 124 valence electrons. The van der Waals surface area contributed by atoms with E-state index in [2.05, 4.69) is 9.98 Å². The number of hydrogen-bond donors (Lipinski definition) is 0. The Morgan fingerprint density at radius 3 is 2.96 bits per heavy atom. The van der Waals surface area contributed by atoms with Gasteiger partial charge >= 0.3 is 0 Å². The Hall–Kier alpha value is -2.54. The maximum atomic E-state index is 12.5. The van der Waals surface area contributed by atoms with Crippen LogP contribution in [0.5, 0.6) is 0 Å². The van der Waals surface area contributed by atoms with Crippen LogP contribution in [0.1, 0.15) is 25.1 Å². The first-order chi connectivity index (χ1) is 11.6. The number of aryl methyl sites for hydroxylation is 1. The van der Waals surface area contributed by atoms with Crippen LogP contribution in [0.3, 0.4) is 0 Å². The van der Waals surface area contributed by atoms with E-state index in [1.54, 1.807) is 18.3 Å². The molecule has 0 radical (unpaired) electrons. The number of rotatable bonds is 4. The standard InChI is InChI=1S/C17H18N4O2S/c1-12(2)19-14-5-3-4-8-21(14)15(22)6-9-20-11-18-16-13(17(20)23)7-10-24-16/h3-5,7-8,10-12H,6,9H2,1-2H3. The minimum Gasteiger partial charge on any atom is -0.298 e. The van der Waals surface area contributed by atoms with Crippen molar-refractivity contribution in [2.24, 2.45) is 4.99 Å². The van der Waals surface area contributed by atoms with Gasteiger partial charge in [0.05, 0.1) is 11.7 Å². The number of fused-ring (bicyclic) bond motifs is 1. The fourth-order valence-corrected chi connectivity index (χ4v) is 3.13. The molecule has 0 atom stereocenters.